The van der Waals surface area contributed by atoms with Crippen LogP contribution in [0.5, 0.6) is 5.75 Å². The Balaban J connectivity index is 1.94. The number of furan rings is 1. The maximum Gasteiger partial charge on any atom is 0.335 e. The molecule has 18 heavy (non-hydrogen) atoms. The number of carboxylic acid groups (broad SMARTS) is 1. The highest BCUT2D eigenvalue weighted by Gasteiger charge is 2.09. The van der Waals surface area contributed by atoms with Gasteiger partial charge in [0.2, 0.25) is 5.78 Å². The molecule has 1 aromatic carbocycles. The average molecular weight is 246 g/mol. The molecular weight excluding hydrogens is 236 g/mol. The van der Waals surface area contributed by atoms with E-state index < -0.39 is 5.97 Å². The van der Waals surface area contributed by atoms with Crippen molar-refractivity contribution in [2.45, 2.75) is 0 Å². The average Bonchev–Trinajstić information content (AvgIpc) is 2.90. The fourth-order valence-electron chi connectivity index (χ4n) is 1.35. The Morgan fingerprint density at radius 2 is 1.89 bits per heavy atom. The summed E-state index contributed by atoms with van der Waals surface area (Å²) in [6.45, 7) is -0.153. The summed E-state index contributed by atoms with van der Waals surface area (Å²) in [7, 11) is 0. The number of hydrogen-bond acceptors (Lipinski definition) is 4. The zero-order valence-electron chi connectivity index (χ0n) is 9.33. The second kappa shape index (κ2) is 5.18. The topological polar surface area (TPSA) is 76.7 Å². The number of benzene rings is 1. The molecule has 5 nitrogen and oxygen atoms in total. The van der Waals surface area contributed by atoms with Crippen molar-refractivity contribution < 1.29 is 23.8 Å². The van der Waals surface area contributed by atoms with Crippen LogP contribution in [0, 0.1) is 0 Å². The Labute approximate surface area is 103 Å². The fourth-order valence-corrected chi connectivity index (χ4v) is 1.35. The monoisotopic (exact) mass is 246 g/mol. The van der Waals surface area contributed by atoms with E-state index in [0.717, 1.165) is 0 Å². The molecular formula is C13H10O5. The first-order valence-electron chi connectivity index (χ1n) is 5.19. The minimum atomic E-state index is -1.01. The highest BCUT2D eigenvalue weighted by Crippen LogP contribution is 2.13. The van der Waals surface area contributed by atoms with E-state index in [1.54, 1.807) is 12.1 Å². The van der Waals surface area contributed by atoms with Crippen molar-refractivity contribution in [3.63, 3.8) is 0 Å². The summed E-state index contributed by atoms with van der Waals surface area (Å²) >= 11 is 0. The maximum atomic E-state index is 11.5. The summed E-state index contributed by atoms with van der Waals surface area (Å²) in [5.41, 5.74) is 0.166. The van der Waals surface area contributed by atoms with Gasteiger partial charge >= 0.3 is 5.97 Å². The zero-order chi connectivity index (χ0) is 13.0. The summed E-state index contributed by atoms with van der Waals surface area (Å²) < 4.78 is 10.2. The molecule has 1 N–H and O–H groups in total. The van der Waals surface area contributed by atoms with Crippen LogP contribution < -0.4 is 4.74 Å². The summed E-state index contributed by atoms with van der Waals surface area (Å²) in [5, 5.41) is 8.71. The second-order valence-corrected chi connectivity index (χ2v) is 3.52. The molecule has 0 radical (unpaired) electrons. The SMILES string of the molecule is O=C(O)c1ccc(OCC(=O)c2ccco2)cc1. The fraction of sp³-hybridized carbons (Fsp3) is 0.0769. The van der Waals surface area contributed by atoms with Crippen molar-refractivity contribution in [2.75, 3.05) is 6.61 Å². The molecule has 0 aliphatic rings. The molecule has 0 saturated carbocycles. The molecule has 5 heteroatoms. The molecule has 1 aromatic heterocycles. The van der Waals surface area contributed by atoms with Crippen LogP contribution in [0.25, 0.3) is 0 Å². The molecule has 0 aliphatic carbocycles. The van der Waals surface area contributed by atoms with Gasteiger partial charge in [0.05, 0.1) is 11.8 Å². The largest absolute Gasteiger partial charge is 0.485 e. The van der Waals surface area contributed by atoms with Crippen LogP contribution in [-0.4, -0.2) is 23.5 Å². The van der Waals surface area contributed by atoms with Crippen molar-refractivity contribution in [1.82, 2.24) is 0 Å². The van der Waals surface area contributed by atoms with Gasteiger partial charge in [0.1, 0.15) is 5.75 Å². The standard InChI is InChI=1S/C13H10O5/c14-11(12-2-1-7-17-12)8-18-10-5-3-9(4-6-10)13(15)16/h1-7H,8H2,(H,15,16). The number of ketones is 1. The molecule has 0 fully saturated rings. The molecule has 0 unspecified atom stereocenters. The third kappa shape index (κ3) is 2.76. The zero-order valence-corrected chi connectivity index (χ0v) is 9.33. The lowest BCUT2D eigenvalue weighted by Gasteiger charge is -2.04. The van der Waals surface area contributed by atoms with Crippen LogP contribution in [0.4, 0.5) is 0 Å². The quantitative estimate of drug-likeness (QED) is 0.818. The van der Waals surface area contributed by atoms with Gasteiger partial charge in [-0.1, -0.05) is 0 Å². The highest BCUT2D eigenvalue weighted by atomic mass is 16.5. The van der Waals surface area contributed by atoms with E-state index in [4.69, 9.17) is 14.3 Å². The summed E-state index contributed by atoms with van der Waals surface area (Å²) in [6.07, 6.45) is 1.41. The Bertz CT molecular complexity index is 539. The number of carbonyl (C=O) groups is 2. The number of ether oxygens (including phenoxy) is 1. The summed E-state index contributed by atoms with van der Waals surface area (Å²) in [4.78, 5) is 22.2. The second-order valence-electron chi connectivity index (χ2n) is 3.52. The predicted octanol–water partition coefficient (Wildman–Crippen LogP) is 2.24. The third-order valence-electron chi connectivity index (χ3n) is 2.27. The molecule has 0 atom stereocenters. The number of hydrogen-bond donors (Lipinski definition) is 1. The van der Waals surface area contributed by atoms with E-state index in [0.29, 0.717) is 5.75 Å². The van der Waals surface area contributed by atoms with Gasteiger partial charge < -0.3 is 14.3 Å². The minimum absolute atomic E-state index is 0.153. The van der Waals surface area contributed by atoms with E-state index in [1.807, 2.05) is 0 Å². The number of Topliss-reactive ketones (excluding diaryl/α,β-unsaturated/α-hetero) is 1. The van der Waals surface area contributed by atoms with Gasteiger partial charge in [0.25, 0.3) is 0 Å². The normalized spacial score (nSPS) is 10.0. The molecule has 1 heterocycles. The van der Waals surface area contributed by atoms with Gasteiger partial charge in [-0.15, -0.1) is 0 Å². The van der Waals surface area contributed by atoms with Gasteiger partial charge in [0.15, 0.2) is 12.4 Å². The lowest BCUT2D eigenvalue weighted by Crippen LogP contribution is -2.10. The van der Waals surface area contributed by atoms with E-state index in [9.17, 15) is 9.59 Å². The van der Waals surface area contributed by atoms with E-state index in [-0.39, 0.29) is 23.7 Å². The molecule has 0 spiro atoms. The van der Waals surface area contributed by atoms with Crippen LogP contribution in [0.15, 0.2) is 47.1 Å². The molecule has 0 saturated heterocycles. The molecule has 2 rings (SSSR count). The van der Waals surface area contributed by atoms with Gasteiger partial charge in [-0.05, 0) is 36.4 Å². The highest BCUT2D eigenvalue weighted by molar-refractivity contribution is 5.94. The lowest BCUT2D eigenvalue weighted by molar-refractivity contribution is 0.0696. The van der Waals surface area contributed by atoms with E-state index in [2.05, 4.69) is 0 Å². The maximum absolute atomic E-state index is 11.5. The lowest BCUT2D eigenvalue weighted by atomic mass is 10.2. The van der Waals surface area contributed by atoms with Crippen molar-refractivity contribution in [3.8, 4) is 5.75 Å². The van der Waals surface area contributed by atoms with Gasteiger partial charge in [-0.3, -0.25) is 4.79 Å². The Kier molecular flexibility index (Phi) is 3.43. The molecule has 0 amide bonds. The van der Waals surface area contributed by atoms with Gasteiger partial charge in [0, 0.05) is 0 Å². The van der Waals surface area contributed by atoms with Crippen molar-refractivity contribution in [1.29, 1.82) is 0 Å². The van der Waals surface area contributed by atoms with Gasteiger partial charge in [-0.2, -0.15) is 0 Å². The molecule has 0 aliphatic heterocycles. The number of rotatable bonds is 5. The number of carbonyl (C=O) groups excluding carboxylic acids is 1. The first-order valence-corrected chi connectivity index (χ1v) is 5.19. The first-order chi connectivity index (χ1) is 8.66. The predicted molar refractivity (Wildman–Crippen MR) is 61.9 cm³/mol. The Hall–Kier alpha value is -2.56. The van der Waals surface area contributed by atoms with Gasteiger partial charge in [-0.25, -0.2) is 4.79 Å². The smallest absolute Gasteiger partial charge is 0.335 e. The molecule has 92 valence electrons. The molecule has 2 aromatic rings. The van der Waals surface area contributed by atoms with Crippen LogP contribution in [0.2, 0.25) is 0 Å². The van der Waals surface area contributed by atoms with Crippen LogP contribution in [0.1, 0.15) is 20.9 Å². The molecule has 0 bridgehead atoms. The van der Waals surface area contributed by atoms with Crippen molar-refractivity contribution in [2.24, 2.45) is 0 Å². The van der Waals surface area contributed by atoms with E-state index >= 15 is 0 Å². The van der Waals surface area contributed by atoms with Crippen LogP contribution >= 0.6 is 0 Å². The number of aromatic carboxylic acids is 1. The minimum Gasteiger partial charge on any atom is -0.485 e. The Morgan fingerprint density at radius 1 is 1.17 bits per heavy atom. The summed E-state index contributed by atoms with van der Waals surface area (Å²) in [5.74, 6) is -0.618. The first kappa shape index (κ1) is 11.9. The Morgan fingerprint density at radius 3 is 2.44 bits per heavy atom. The van der Waals surface area contributed by atoms with Crippen molar-refractivity contribution in [3.05, 3.63) is 54.0 Å². The van der Waals surface area contributed by atoms with Crippen molar-refractivity contribution >= 4 is 11.8 Å². The third-order valence-corrected chi connectivity index (χ3v) is 2.27. The summed E-state index contributed by atoms with van der Waals surface area (Å²) in [6, 6.07) is 9.00. The van der Waals surface area contributed by atoms with Crippen LogP contribution in [-0.2, 0) is 0 Å². The number of carboxylic acids is 1. The van der Waals surface area contributed by atoms with Crippen LogP contribution in [0.3, 0.4) is 0 Å². The van der Waals surface area contributed by atoms with E-state index in [1.165, 1.54) is 30.5 Å².